The Balaban J connectivity index is 0.000000252. The van der Waals surface area contributed by atoms with Crippen molar-refractivity contribution in [2.75, 3.05) is 0 Å². The van der Waals surface area contributed by atoms with Gasteiger partial charge in [-0.05, 0) is 107 Å². The summed E-state index contributed by atoms with van der Waals surface area (Å²) in [6, 6.07) is 55.3. The number of aryl methyl sites for hydroxylation is 2. The van der Waals surface area contributed by atoms with Crippen LogP contribution in [0.2, 0.25) is 0 Å². The zero-order valence-electron chi connectivity index (χ0n) is 41.5. The Morgan fingerprint density at radius 3 is 2.08 bits per heavy atom. The first-order chi connectivity index (χ1) is 33.0. The van der Waals surface area contributed by atoms with Crippen LogP contribution in [0.15, 0.2) is 156 Å². The second-order valence-corrected chi connectivity index (χ2v) is 16.1. The minimum Gasteiger partial charge on any atom is -0.500 e. The van der Waals surface area contributed by atoms with E-state index in [0.29, 0.717) is 22.3 Å². The number of furan rings is 1. The van der Waals surface area contributed by atoms with E-state index in [1.54, 1.807) is 6.07 Å². The standard InChI is InChI=1S/C44H34N3O.C13H11FN.Ir/c1-27(2)37-24-33(32-20-18-31(19-21-32)30-11-6-5-7-12-30)25-38(28(3)4)42(37)47-40-16-9-8-15-39(40)46-44(47)36-14-10-13-35-34-22-17-29(26-45)23-41(34)48-43(35)36;1-9-7-13(15-8-10(9)2)11-3-5-12(14)6-4-11;/h5-13,15-25,27-28H,1-4H3;3,5-8H,1-2H3;/q2*-1;/i;1D3,2D3;. The number of nitriles is 1. The molecule has 317 valence electrons. The van der Waals surface area contributed by atoms with Crippen molar-refractivity contribution in [3.05, 3.63) is 198 Å². The molecular formula is C57H45FIrN4O-2. The molecule has 0 aliphatic heterocycles. The van der Waals surface area contributed by atoms with E-state index in [4.69, 9.17) is 17.6 Å². The SMILES string of the molecule is CC(C)c1cc(-c2ccc(-c3ccccc3)cc2)cc(C(C)C)c1-n1c(-c2[c-]ccc3c2oc2cc(C#N)ccc23)nc2ccccc21.[2H]C([2H])([2H])c1cnc(-c2[c-]cc(F)cc2)cc1C([2H])([2H])[2H].[Ir]. The van der Waals surface area contributed by atoms with Crippen molar-refractivity contribution < 1.29 is 37.1 Å². The van der Waals surface area contributed by atoms with Crippen molar-refractivity contribution in [3.63, 3.8) is 0 Å². The molecule has 7 aromatic carbocycles. The smallest absolute Gasteiger partial charge is 0.122 e. The van der Waals surface area contributed by atoms with Crippen LogP contribution in [0.5, 0.6) is 0 Å². The van der Waals surface area contributed by atoms with Crippen molar-refractivity contribution in [1.29, 1.82) is 5.26 Å². The Labute approximate surface area is 395 Å². The van der Waals surface area contributed by atoms with Gasteiger partial charge < -0.3 is 14.0 Å². The fourth-order valence-electron chi connectivity index (χ4n) is 8.04. The molecule has 3 aromatic heterocycles. The van der Waals surface area contributed by atoms with Gasteiger partial charge in [0.05, 0.1) is 34.1 Å². The summed E-state index contributed by atoms with van der Waals surface area (Å²) in [6.45, 7) is 3.92. The van der Waals surface area contributed by atoms with Gasteiger partial charge in [-0.25, -0.2) is 0 Å². The Hall–Kier alpha value is -6.97. The zero-order chi connectivity index (χ0) is 48.8. The van der Waals surface area contributed by atoms with E-state index in [9.17, 15) is 9.65 Å². The van der Waals surface area contributed by atoms with Crippen LogP contribution in [0.1, 0.15) is 75.6 Å². The summed E-state index contributed by atoms with van der Waals surface area (Å²) in [5, 5.41) is 11.5. The van der Waals surface area contributed by atoms with Gasteiger partial charge in [-0.3, -0.25) is 9.37 Å². The molecule has 0 aliphatic carbocycles. The van der Waals surface area contributed by atoms with Crippen molar-refractivity contribution in [1.82, 2.24) is 14.5 Å². The van der Waals surface area contributed by atoms with E-state index in [1.807, 2.05) is 30.3 Å². The molecule has 0 aliphatic rings. The Bertz CT molecular complexity index is 3530. The van der Waals surface area contributed by atoms with Gasteiger partial charge in [0.2, 0.25) is 0 Å². The van der Waals surface area contributed by atoms with Crippen LogP contribution >= 0.6 is 0 Å². The number of aromatic nitrogens is 3. The topological polar surface area (TPSA) is 67.6 Å². The van der Waals surface area contributed by atoms with Crippen molar-refractivity contribution in [2.24, 2.45) is 0 Å². The number of imidazole rings is 1. The number of hydrogen-bond acceptors (Lipinski definition) is 4. The molecule has 0 fully saturated rings. The van der Waals surface area contributed by atoms with Crippen LogP contribution in [0.3, 0.4) is 0 Å². The molecule has 0 atom stereocenters. The van der Waals surface area contributed by atoms with Crippen LogP contribution in [-0.4, -0.2) is 14.5 Å². The van der Waals surface area contributed by atoms with E-state index in [2.05, 4.69) is 140 Å². The molecule has 0 unspecified atom stereocenters. The van der Waals surface area contributed by atoms with E-state index < -0.39 is 19.5 Å². The van der Waals surface area contributed by atoms with Gasteiger partial charge in [0, 0.05) is 51.4 Å². The average molecular weight is 1020 g/mol. The first kappa shape index (κ1) is 36.5. The number of nitrogens with zero attached hydrogens (tertiary/aromatic N) is 4. The van der Waals surface area contributed by atoms with Crippen molar-refractivity contribution in [3.8, 4) is 56.7 Å². The minimum atomic E-state index is -2.58. The van der Waals surface area contributed by atoms with Crippen LogP contribution in [0, 0.1) is 43.0 Å². The molecule has 0 N–H and O–H groups in total. The van der Waals surface area contributed by atoms with Gasteiger partial charge in [0.25, 0.3) is 0 Å². The molecule has 64 heavy (non-hydrogen) atoms. The van der Waals surface area contributed by atoms with Crippen LogP contribution in [-0.2, 0) is 20.1 Å². The monoisotopic (exact) mass is 1020 g/mol. The molecule has 0 saturated carbocycles. The number of hydrogen-bond donors (Lipinski definition) is 0. The number of benzene rings is 7. The molecule has 7 heteroatoms. The summed E-state index contributed by atoms with van der Waals surface area (Å²) in [5.74, 6) is 0.787. The Morgan fingerprint density at radius 1 is 0.719 bits per heavy atom. The summed E-state index contributed by atoms with van der Waals surface area (Å²) >= 11 is 0. The normalized spacial score (nSPS) is 13.0. The van der Waals surface area contributed by atoms with Gasteiger partial charge in [0.15, 0.2) is 0 Å². The number of pyridine rings is 1. The molecular weight excluding hydrogens is 968 g/mol. The zero-order valence-corrected chi connectivity index (χ0v) is 37.9. The quantitative estimate of drug-likeness (QED) is 0.149. The molecule has 0 spiro atoms. The second-order valence-electron chi connectivity index (χ2n) is 16.1. The summed E-state index contributed by atoms with van der Waals surface area (Å²) < 4.78 is 66.3. The molecule has 0 amide bonds. The molecule has 10 aromatic rings. The molecule has 10 rings (SSSR count). The first-order valence-corrected chi connectivity index (χ1v) is 20.8. The van der Waals surface area contributed by atoms with E-state index in [0.717, 1.165) is 51.1 Å². The largest absolute Gasteiger partial charge is 0.500 e. The fourth-order valence-corrected chi connectivity index (χ4v) is 8.04. The van der Waals surface area contributed by atoms with Gasteiger partial charge in [0.1, 0.15) is 5.58 Å². The Kier molecular flexibility index (Phi) is 10.5. The third kappa shape index (κ3) is 8.43. The predicted octanol–water partition coefficient (Wildman–Crippen LogP) is 15.1. The summed E-state index contributed by atoms with van der Waals surface area (Å²) in [7, 11) is 0. The van der Waals surface area contributed by atoms with Gasteiger partial charge in [-0.15, -0.1) is 48.0 Å². The van der Waals surface area contributed by atoms with Gasteiger partial charge in [-0.2, -0.15) is 5.26 Å². The van der Waals surface area contributed by atoms with Crippen LogP contribution in [0.4, 0.5) is 4.39 Å². The first-order valence-electron chi connectivity index (χ1n) is 23.8. The Morgan fingerprint density at radius 2 is 1.41 bits per heavy atom. The predicted molar refractivity (Wildman–Crippen MR) is 254 cm³/mol. The van der Waals surface area contributed by atoms with Gasteiger partial charge in [-0.1, -0.05) is 123 Å². The third-order valence-electron chi connectivity index (χ3n) is 11.3. The van der Waals surface area contributed by atoms with E-state index >= 15 is 0 Å². The molecule has 3 heterocycles. The maximum Gasteiger partial charge on any atom is 0.122 e. The average Bonchev–Trinajstić information content (AvgIpc) is 3.92. The summed E-state index contributed by atoms with van der Waals surface area (Å²) in [5.41, 5.74) is 13.2. The molecule has 0 saturated heterocycles. The molecule has 0 bridgehead atoms. The molecule has 5 nitrogen and oxygen atoms in total. The van der Waals surface area contributed by atoms with Crippen molar-refractivity contribution in [2.45, 2.75) is 53.2 Å². The number of halogens is 1. The minimum absolute atomic E-state index is 0. The van der Waals surface area contributed by atoms with Crippen LogP contribution < -0.4 is 0 Å². The van der Waals surface area contributed by atoms with E-state index in [-0.39, 0.29) is 48.8 Å². The van der Waals surface area contributed by atoms with Crippen LogP contribution in [0.25, 0.3) is 83.6 Å². The molecule has 1 radical (unpaired) electrons. The number of fused-ring (bicyclic) bond motifs is 4. The van der Waals surface area contributed by atoms with Crippen molar-refractivity contribution >= 4 is 33.0 Å². The van der Waals surface area contributed by atoms with Gasteiger partial charge >= 0.3 is 0 Å². The fraction of sp³-hybridized carbons (Fsp3) is 0.140. The summed E-state index contributed by atoms with van der Waals surface area (Å²) in [4.78, 5) is 9.21. The number of rotatable bonds is 7. The maximum atomic E-state index is 12.9. The number of para-hydroxylation sites is 2. The summed E-state index contributed by atoms with van der Waals surface area (Å²) in [6.07, 6.45) is 1.03. The third-order valence-corrected chi connectivity index (χ3v) is 11.3. The van der Waals surface area contributed by atoms with E-state index in [1.165, 1.54) is 51.6 Å². The maximum absolute atomic E-state index is 12.9. The second kappa shape index (κ2) is 18.4.